The van der Waals surface area contributed by atoms with E-state index in [9.17, 15) is 23.3 Å². The molecule has 3 rings (SSSR count). The Balaban J connectivity index is 1.81. The highest BCUT2D eigenvalue weighted by Crippen LogP contribution is 2.25. The minimum atomic E-state index is -3.79. The van der Waals surface area contributed by atoms with Gasteiger partial charge in [-0.2, -0.15) is 0 Å². The average molecular weight is 439 g/mol. The van der Waals surface area contributed by atoms with Crippen LogP contribution in [0.1, 0.15) is 28.9 Å². The molecule has 3 aromatic carbocycles. The van der Waals surface area contributed by atoms with Crippen molar-refractivity contribution in [2.24, 2.45) is 0 Å². The van der Waals surface area contributed by atoms with Crippen LogP contribution in [0.3, 0.4) is 0 Å². The van der Waals surface area contributed by atoms with E-state index < -0.39 is 21.0 Å². The molecule has 0 aliphatic carbocycles. The molecule has 3 aromatic rings. The molecule has 1 N–H and O–H groups in total. The third-order valence-electron chi connectivity index (χ3n) is 4.88. The lowest BCUT2D eigenvalue weighted by Gasteiger charge is -2.25. The Bertz CT molecular complexity index is 1210. The van der Waals surface area contributed by atoms with Crippen molar-refractivity contribution >= 4 is 27.3 Å². The van der Waals surface area contributed by atoms with Crippen molar-refractivity contribution in [3.05, 3.63) is 100 Å². The number of carbonyl (C=O) groups excluding carboxylic acids is 1. The van der Waals surface area contributed by atoms with Crippen LogP contribution < -0.4 is 4.72 Å². The van der Waals surface area contributed by atoms with E-state index in [0.29, 0.717) is 5.56 Å². The molecule has 1 atom stereocenters. The molecule has 9 heteroatoms. The summed E-state index contributed by atoms with van der Waals surface area (Å²) in [6.07, 6.45) is 0. The number of rotatable bonds is 7. The third-order valence-corrected chi connectivity index (χ3v) is 6.28. The Kier molecular flexibility index (Phi) is 6.36. The number of hydrogen-bond donors (Lipinski definition) is 1. The summed E-state index contributed by atoms with van der Waals surface area (Å²) in [5, 5.41) is 11.0. The van der Waals surface area contributed by atoms with Gasteiger partial charge in [0.1, 0.15) is 0 Å². The van der Waals surface area contributed by atoms with Gasteiger partial charge in [-0.15, -0.1) is 0 Å². The standard InChI is InChI=1S/C22H21N3O5S/c1-16(17-8-7-11-20(15-17)25(27)28)24(2)22(26)18-9-6-10-19(14-18)23-31(29,30)21-12-4-3-5-13-21/h3-16,23H,1-2H3. The van der Waals surface area contributed by atoms with Crippen LogP contribution in [0.5, 0.6) is 0 Å². The summed E-state index contributed by atoms with van der Waals surface area (Å²) in [6, 6.07) is 19.8. The molecule has 0 fully saturated rings. The average Bonchev–Trinajstić information content (AvgIpc) is 2.78. The molecule has 8 nitrogen and oxygen atoms in total. The maximum atomic E-state index is 13.0. The molecule has 1 amide bonds. The van der Waals surface area contributed by atoms with Crippen molar-refractivity contribution in [2.75, 3.05) is 11.8 Å². The minimum absolute atomic E-state index is 0.0532. The summed E-state index contributed by atoms with van der Waals surface area (Å²) < 4.78 is 27.5. The number of sulfonamides is 1. The number of amides is 1. The lowest BCUT2D eigenvalue weighted by Crippen LogP contribution is -2.29. The topological polar surface area (TPSA) is 110 Å². The highest BCUT2D eigenvalue weighted by molar-refractivity contribution is 7.92. The van der Waals surface area contributed by atoms with E-state index >= 15 is 0 Å². The van der Waals surface area contributed by atoms with Gasteiger partial charge in [0.2, 0.25) is 0 Å². The van der Waals surface area contributed by atoms with Crippen LogP contribution in [0.2, 0.25) is 0 Å². The quantitative estimate of drug-likeness (QED) is 0.438. The van der Waals surface area contributed by atoms with Gasteiger partial charge in [0.05, 0.1) is 15.9 Å². The summed E-state index contributed by atoms with van der Waals surface area (Å²) in [5.74, 6) is -0.347. The van der Waals surface area contributed by atoms with Gasteiger partial charge in [-0.1, -0.05) is 36.4 Å². The molecule has 0 aromatic heterocycles. The Morgan fingerprint density at radius 1 is 1.00 bits per heavy atom. The molecule has 0 radical (unpaired) electrons. The highest BCUT2D eigenvalue weighted by Gasteiger charge is 2.21. The number of non-ortho nitro benzene ring substituents is 1. The molecule has 0 aliphatic rings. The summed E-state index contributed by atoms with van der Waals surface area (Å²) in [7, 11) is -2.20. The Morgan fingerprint density at radius 3 is 2.35 bits per heavy atom. The van der Waals surface area contributed by atoms with Crippen LogP contribution in [0.15, 0.2) is 83.8 Å². The lowest BCUT2D eigenvalue weighted by atomic mass is 10.1. The van der Waals surface area contributed by atoms with E-state index in [2.05, 4.69) is 4.72 Å². The van der Waals surface area contributed by atoms with Crippen LogP contribution in [-0.4, -0.2) is 31.2 Å². The van der Waals surface area contributed by atoms with E-state index in [-0.39, 0.29) is 27.7 Å². The SMILES string of the molecule is CC(c1cccc([N+](=O)[O-])c1)N(C)C(=O)c1cccc(NS(=O)(=O)c2ccccc2)c1. The predicted octanol–water partition coefficient (Wildman–Crippen LogP) is 4.23. The van der Waals surface area contributed by atoms with Crippen LogP contribution in [0.4, 0.5) is 11.4 Å². The second-order valence-electron chi connectivity index (χ2n) is 6.94. The zero-order valence-corrected chi connectivity index (χ0v) is 17.7. The predicted molar refractivity (Wildman–Crippen MR) is 117 cm³/mol. The van der Waals surface area contributed by atoms with Crippen molar-refractivity contribution in [2.45, 2.75) is 17.9 Å². The number of nitro benzene ring substituents is 1. The number of anilines is 1. The summed E-state index contributed by atoms with van der Waals surface area (Å²) >= 11 is 0. The molecule has 31 heavy (non-hydrogen) atoms. The number of benzene rings is 3. The first kappa shape index (κ1) is 22.0. The van der Waals surface area contributed by atoms with Crippen LogP contribution >= 0.6 is 0 Å². The Labute approximate surface area is 180 Å². The molecule has 0 heterocycles. The maximum absolute atomic E-state index is 13.0. The molecule has 0 saturated heterocycles. The fourth-order valence-corrected chi connectivity index (χ4v) is 4.10. The maximum Gasteiger partial charge on any atom is 0.269 e. The fraction of sp³-hybridized carbons (Fsp3) is 0.136. The van der Waals surface area contributed by atoms with Crippen LogP contribution in [0, 0.1) is 10.1 Å². The normalized spacial score (nSPS) is 12.1. The first-order valence-corrected chi connectivity index (χ1v) is 10.9. The first-order chi connectivity index (χ1) is 14.7. The zero-order valence-electron chi connectivity index (χ0n) is 16.9. The van der Waals surface area contributed by atoms with E-state index in [1.807, 2.05) is 0 Å². The van der Waals surface area contributed by atoms with E-state index in [0.717, 1.165) is 0 Å². The van der Waals surface area contributed by atoms with Crippen molar-refractivity contribution in [3.8, 4) is 0 Å². The zero-order chi connectivity index (χ0) is 22.6. The van der Waals surface area contributed by atoms with E-state index in [1.54, 1.807) is 62.5 Å². The number of nitro groups is 1. The van der Waals surface area contributed by atoms with Gasteiger partial charge in [-0.25, -0.2) is 8.42 Å². The first-order valence-electron chi connectivity index (χ1n) is 9.38. The molecular weight excluding hydrogens is 418 g/mol. The molecule has 0 aliphatic heterocycles. The molecule has 0 bridgehead atoms. The van der Waals surface area contributed by atoms with Crippen molar-refractivity contribution in [1.29, 1.82) is 0 Å². The molecule has 1 unspecified atom stereocenters. The molecule has 0 saturated carbocycles. The molecule has 0 spiro atoms. The summed E-state index contributed by atoms with van der Waals surface area (Å²) in [5.41, 5.74) is 1.10. The number of nitrogens with zero attached hydrogens (tertiary/aromatic N) is 2. The van der Waals surface area contributed by atoms with E-state index in [1.165, 1.54) is 35.2 Å². The number of carbonyl (C=O) groups is 1. The van der Waals surface area contributed by atoms with Gasteiger partial charge < -0.3 is 4.90 Å². The second-order valence-corrected chi connectivity index (χ2v) is 8.63. The molecule has 160 valence electrons. The summed E-state index contributed by atoms with van der Waals surface area (Å²) in [6.45, 7) is 1.76. The van der Waals surface area contributed by atoms with Gasteiger partial charge in [0.25, 0.3) is 21.6 Å². The minimum Gasteiger partial charge on any atom is -0.335 e. The molecular formula is C22H21N3O5S. The van der Waals surface area contributed by atoms with Crippen molar-refractivity contribution < 1.29 is 18.1 Å². The Hall–Kier alpha value is -3.72. The largest absolute Gasteiger partial charge is 0.335 e. The Morgan fingerprint density at radius 2 is 1.68 bits per heavy atom. The fourth-order valence-electron chi connectivity index (χ4n) is 3.03. The highest BCUT2D eigenvalue weighted by atomic mass is 32.2. The third kappa shape index (κ3) is 5.07. The van der Waals surface area contributed by atoms with E-state index in [4.69, 9.17) is 0 Å². The summed E-state index contributed by atoms with van der Waals surface area (Å²) in [4.78, 5) is 25.1. The van der Waals surface area contributed by atoms with Crippen LogP contribution in [-0.2, 0) is 10.0 Å². The smallest absolute Gasteiger partial charge is 0.269 e. The van der Waals surface area contributed by atoms with Crippen molar-refractivity contribution in [3.63, 3.8) is 0 Å². The second kappa shape index (κ2) is 8.97. The number of nitrogens with one attached hydrogen (secondary N) is 1. The van der Waals surface area contributed by atoms with Gasteiger partial charge in [-0.05, 0) is 42.8 Å². The monoisotopic (exact) mass is 439 g/mol. The van der Waals surface area contributed by atoms with Gasteiger partial charge in [0, 0.05) is 30.4 Å². The lowest BCUT2D eigenvalue weighted by molar-refractivity contribution is -0.384. The van der Waals surface area contributed by atoms with Crippen molar-refractivity contribution in [1.82, 2.24) is 4.90 Å². The van der Waals surface area contributed by atoms with Gasteiger partial charge in [0.15, 0.2) is 0 Å². The van der Waals surface area contributed by atoms with Gasteiger partial charge in [-0.3, -0.25) is 19.6 Å². The van der Waals surface area contributed by atoms with Gasteiger partial charge >= 0.3 is 0 Å². The number of hydrogen-bond acceptors (Lipinski definition) is 5. The van der Waals surface area contributed by atoms with Crippen LogP contribution in [0.25, 0.3) is 0 Å².